The second-order valence-electron chi connectivity index (χ2n) is 11.3. The van der Waals surface area contributed by atoms with Crippen LogP contribution in [0.2, 0.25) is 20.1 Å². The Hall–Kier alpha value is -1.80. The zero-order valence-corrected chi connectivity index (χ0v) is 26.7. The van der Waals surface area contributed by atoms with Crippen molar-refractivity contribution in [3.05, 3.63) is 79.8 Å². The van der Waals surface area contributed by atoms with Crippen LogP contribution in [0.5, 0.6) is 0 Å². The van der Waals surface area contributed by atoms with Crippen LogP contribution in [0.25, 0.3) is 0 Å². The molecule has 42 heavy (non-hydrogen) atoms. The molecule has 2 saturated heterocycles. The molecule has 0 aromatic heterocycles. The first-order valence-electron chi connectivity index (χ1n) is 14.6. The Balaban J connectivity index is 1.19. The first-order chi connectivity index (χ1) is 20.2. The number of hydrogen-bond acceptors (Lipinski definition) is 6. The van der Waals surface area contributed by atoms with Crippen LogP contribution in [-0.4, -0.2) is 51.3 Å². The summed E-state index contributed by atoms with van der Waals surface area (Å²) in [6.07, 6.45) is 9.42. The molecule has 2 fully saturated rings. The highest BCUT2D eigenvalue weighted by molar-refractivity contribution is 6.42. The number of benzene rings is 2. The summed E-state index contributed by atoms with van der Waals surface area (Å²) in [7, 11) is 0. The van der Waals surface area contributed by atoms with Crippen LogP contribution in [0.4, 0.5) is 0 Å². The number of esters is 2. The summed E-state index contributed by atoms with van der Waals surface area (Å²) in [4.78, 5) is 24.5. The molecule has 2 heterocycles. The second-order valence-corrected chi connectivity index (χ2v) is 12.9. The molecular formula is C32H38Cl4N2O4. The lowest BCUT2D eigenvalue weighted by molar-refractivity contribution is -0.140. The standard InChI is InChI=1S/C32H38Cl4N2O4/c33-25-7-5-23(19-27(25)35)31(11-1-15-37-21-31)13-3-17-41-29(39)9-10-30(40)42-18-4-14-32(12-2-16-38-22-32)24-6-8-26(34)28(36)20-24/h5-10,19-20,37-38H,1-4,11-18,21-22H2/b10-9+. The summed E-state index contributed by atoms with van der Waals surface area (Å²) in [5, 5.41) is 9.12. The Bertz CT molecular complexity index is 1160. The average molecular weight is 656 g/mol. The number of carbonyl (C=O) groups is 2. The SMILES string of the molecule is O=C(/C=C/C(=O)OCCCC1(c2ccc(Cl)c(Cl)c2)CCCNC1)OCCCC1(c2ccc(Cl)c(Cl)c2)CCCNC1. The van der Waals surface area contributed by atoms with E-state index in [2.05, 4.69) is 10.6 Å². The van der Waals surface area contributed by atoms with Gasteiger partial charge in [0.1, 0.15) is 0 Å². The minimum atomic E-state index is -0.566. The molecule has 2 atom stereocenters. The van der Waals surface area contributed by atoms with Gasteiger partial charge in [0.15, 0.2) is 0 Å². The molecule has 10 heteroatoms. The molecule has 2 aliphatic rings. The van der Waals surface area contributed by atoms with E-state index in [0.29, 0.717) is 32.9 Å². The zero-order chi connectivity index (χ0) is 30.0. The van der Waals surface area contributed by atoms with E-state index in [1.807, 2.05) is 36.4 Å². The van der Waals surface area contributed by atoms with E-state index in [-0.39, 0.29) is 24.0 Å². The summed E-state index contributed by atoms with van der Waals surface area (Å²) in [6, 6.07) is 11.6. The van der Waals surface area contributed by atoms with Crippen molar-refractivity contribution >= 4 is 58.3 Å². The Morgan fingerprint density at radius 2 is 1.12 bits per heavy atom. The minimum absolute atomic E-state index is 0.0926. The van der Waals surface area contributed by atoms with Crippen molar-refractivity contribution in [2.45, 2.75) is 62.2 Å². The average Bonchev–Trinajstić information content (AvgIpc) is 3.00. The normalized spacial score (nSPS) is 22.7. The highest BCUT2D eigenvalue weighted by Gasteiger charge is 2.35. The van der Waals surface area contributed by atoms with Gasteiger partial charge in [0.25, 0.3) is 0 Å². The van der Waals surface area contributed by atoms with Gasteiger partial charge in [-0.3, -0.25) is 0 Å². The first-order valence-corrected chi connectivity index (χ1v) is 16.1. The highest BCUT2D eigenvalue weighted by Crippen LogP contribution is 2.39. The van der Waals surface area contributed by atoms with Crippen LogP contribution in [0.15, 0.2) is 48.6 Å². The maximum Gasteiger partial charge on any atom is 0.331 e. The molecule has 2 aliphatic heterocycles. The number of piperidine rings is 2. The fraction of sp³-hybridized carbons (Fsp3) is 0.500. The molecule has 2 aromatic rings. The van der Waals surface area contributed by atoms with E-state index in [1.165, 1.54) is 0 Å². The van der Waals surface area contributed by atoms with E-state index in [0.717, 1.165) is 88.0 Å². The van der Waals surface area contributed by atoms with Crippen molar-refractivity contribution in [1.29, 1.82) is 0 Å². The van der Waals surface area contributed by atoms with Gasteiger partial charge in [-0.05, 0) is 99.8 Å². The molecule has 0 spiro atoms. The molecule has 2 unspecified atom stereocenters. The van der Waals surface area contributed by atoms with Crippen LogP contribution >= 0.6 is 46.4 Å². The lowest BCUT2D eigenvalue weighted by Crippen LogP contribution is -2.43. The van der Waals surface area contributed by atoms with E-state index in [1.54, 1.807) is 0 Å². The van der Waals surface area contributed by atoms with Crippen molar-refractivity contribution in [2.24, 2.45) is 0 Å². The van der Waals surface area contributed by atoms with Crippen molar-refractivity contribution in [3.8, 4) is 0 Å². The lowest BCUT2D eigenvalue weighted by Gasteiger charge is -2.38. The number of nitrogens with one attached hydrogen (secondary N) is 2. The summed E-state index contributed by atoms with van der Waals surface area (Å²) in [6.45, 7) is 4.13. The van der Waals surface area contributed by atoms with Crippen molar-refractivity contribution in [1.82, 2.24) is 10.6 Å². The zero-order valence-electron chi connectivity index (χ0n) is 23.7. The van der Waals surface area contributed by atoms with Crippen LogP contribution in [-0.2, 0) is 29.9 Å². The number of ether oxygens (including phenoxy) is 2. The van der Waals surface area contributed by atoms with Gasteiger partial charge in [0, 0.05) is 36.1 Å². The molecule has 0 bridgehead atoms. The van der Waals surface area contributed by atoms with Crippen molar-refractivity contribution < 1.29 is 19.1 Å². The monoisotopic (exact) mass is 654 g/mol. The van der Waals surface area contributed by atoms with Gasteiger partial charge in [-0.2, -0.15) is 0 Å². The van der Waals surface area contributed by atoms with Gasteiger partial charge in [-0.15, -0.1) is 0 Å². The van der Waals surface area contributed by atoms with E-state index in [9.17, 15) is 9.59 Å². The molecule has 228 valence electrons. The summed E-state index contributed by atoms with van der Waals surface area (Å²) >= 11 is 24.9. The van der Waals surface area contributed by atoms with Gasteiger partial charge >= 0.3 is 11.9 Å². The summed E-state index contributed by atoms with van der Waals surface area (Å²) in [5.74, 6) is -1.13. The van der Waals surface area contributed by atoms with Crippen molar-refractivity contribution in [2.75, 3.05) is 39.4 Å². The number of hydrogen-bond donors (Lipinski definition) is 2. The number of carbonyl (C=O) groups excluding carboxylic acids is 2. The van der Waals surface area contributed by atoms with Gasteiger partial charge in [0.2, 0.25) is 0 Å². The molecule has 4 rings (SSSR count). The van der Waals surface area contributed by atoms with Gasteiger partial charge in [0.05, 0.1) is 33.3 Å². The predicted molar refractivity (Wildman–Crippen MR) is 170 cm³/mol. The lowest BCUT2D eigenvalue weighted by atomic mass is 9.71. The van der Waals surface area contributed by atoms with Gasteiger partial charge < -0.3 is 20.1 Å². The topological polar surface area (TPSA) is 76.7 Å². The van der Waals surface area contributed by atoms with Crippen LogP contribution in [0.1, 0.15) is 62.5 Å². The molecule has 0 saturated carbocycles. The van der Waals surface area contributed by atoms with Gasteiger partial charge in [-0.1, -0.05) is 58.5 Å². The smallest absolute Gasteiger partial charge is 0.331 e. The van der Waals surface area contributed by atoms with E-state index < -0.39 is 11.9 Å². The first kappa shape index (κ1) is 33.1. The maximum atomic E-state index is 12.2. The van der Waals surface area contributed by atoms with E-state index >= 15 is 0 Å². The second kappa shape index (κ2) is 15.8. The molecule has 6 nitrogen and oxygen atoms in total. The maximum absolute atomic E-state index is 12.2. The van der Waals surface area contributed by atoms with Crippen LogP contribution in [0, 0.1) is 0 Å². The van der Waals surface area contributed by atoms with Crippen LogP contribution in [0.3, 0.4) is 0 Å². The molecule has 0 amide bonds. The Morgan fingerprint density at radius 3 is 1.48 bits per heavy atom. The summed E-state index contributed by atoms with van der Waals surface area (Å²) < 4.78 is 10.7. The largest absolute Gasteiger partial charge is 0.463 e. The van der Waals surface area contributed by atoms with Crippen LogP contribution < -0.4 is 10.6 Å². The molecule has 0 radical (unpaired) electrons. The minimum Gasteiger partial charge on any atom is -0.463 e. The Kier molecular flexibility index (Phi) is 12.4. The molecular weight excluding hydrogens is 618 g/mol. The molecule has 2 aromatic carbocycles. The Labute approximate surface area is 268 Å². The number of halogens is 4. The fourth-order valence-corrected chi connectivity index (χ4v) is 6.79. The Morgan fingerprint density at radius 1 is 0.690 bits per heavy atom. The summed E-state index contributed by atoms with van der Waals surface area (Å²) in [5.41, 5.74) is 2.09. The van der Waals surface area contributed by atoms with Gasteiger partial charge in [-0.25, -0.2) is 9.59 Å². The molecule has 2 N–H and O–H groups in total. The fourth-order valence-electron chi connectivity index (χ4n) is 6.19. The molecule has 0 aliphatic carbocycles. The third-order valence-electron chi connectivity index (χ3n) is 8.45. The highest BCUT2D eigenvalue weighted by atomic mass is 35.5. The third kappa shape index (κ3) is 8.87. The third-order valence-corrected chi connectivity index (χ3v) is 9.93. The van der Waals surface area contributed by atoms with E-state index in [4.69, 9.17) is 55.9 Å². The van der Waals surface area contributed by atoms with Crippen molar-refractivity contribution in [3.63, 3.8) is 0 Å². The quantitative estimate of drug-likeness (QED) is 0.141. The predicted octanol–water partition coefficient (Wildman–Crippen LogP) is 7.45. The number of rotatable bonds is 12.